The fourth-order valence-electron chi connectivity index (χ4n) is 1.06. The van der Waals surface area contributed by atoms with Gasteiger partial charge >= 0.3 is 0 Å². The molecule has 0 aliphatic rings. The van der Waals surface area contributed by atoms with E-state index < -0.39 is 0 Å². The minimum Gasteiger partial charge on any atom is -0.441 e. The number of benzene rings is 1. The summed E-state index contributed by atoms with van der Waals surface area (Å²) in [6, 6.07) is 6.08. The van der Waals surface area contributed by atoms with Crippen molar-refractivity contribution in [3.63, 3.8) is 0 Å². The summed E-state index contributed by atoms with van der Waals surface area (Å²) in [4.78, 5) is 3.93. The van der Waals surface area contributed by atoms with E-state index in [2.05, 4.69) is 11.9 Å². The van der Waals surface area contributed by atoms with Gasteiger partial charge < -0.3 is 4.42 Å². The molecule has 1 radical (unpaired) electrons. The molecule has 2 nitrogen and oxygen atoms in total. The van der Waals surface area contributed by atoms with Crippen LogP contribution in [-0.2, 0) is 0 Å². The summed E-state index contributed by atoms with van der Waals surface area (Å²) in [6.07, 6.45) is 1.50. The number of nitrogens with zero attached hydrogens (tertiary/aromatic N) is 1. The number of hydrogen-bond acceptors (Lipinski definition) is 2. The van der Waals surface area contributed by atoms with E-state index in [1.165, 1.54) is 18.3 Å². The highest BCUT2D eigenvalue weighted by Crippen LogP contribution is 2.19. The number of oxazole rings is 1. The molecule has 2 aromatic rings. The SMILES string of the molecule is [CH2]c1cnc(-c2cccc(F)c2)o1. The molecule has 0 fully saturated rings. The highest BCUT2D eigenvalue weighted by Gasteiger charge is 2.04. The minimum atomic E-state index is -0.304. The standard InChI is InChI=1S/C10H7FNO/c1-7-6-12-10(13-7)8-3-2-4-9(11)5-8/h2-6H,1H2. The van der Waals surface area contributed by atoms with Gasteiger partial charge in [0.2, 0.25) is 5.89 Å². The van der Waals surface area contributed by atoms with E-state index in [0.717, 1.165) is 0 Å². The summed E-state index contributed by atoms with van der Waals surface area (Å²) in [7, 11) is 0. The second-order valence-electron chi connectivity index (χ2n) is 2.64. The van der Waals surface area contributed by atoms with Crippen LogP contribution in [0, 0.1) is 12.7 Å². The molecule has 3 heteroatoms. The van der Waals surface area contributed by atoms with Gasteiger partial charge in [0.25, 0.3) is 0 Å². The quantitative estimate of drug-likeness (QED) is 0.667. The molecule has 0 saturated heterocycles. The molecular formula is C10H7FNO. The van der Waals surface area contributed by atoms with Crippen molar-refractivity contribution in [1.29, 1.82) is 0 Å². The van der Waals surface area contributed by atoms with Crippen molar-refractivity contribution < 1.29 is 8.81 Å². The second kappa shape index (κ2) is 3.01. The molecule has 0 aliphatic carbocycles. The highest BCUT2D eigenvalue weighted by atomic mass is 19.1. The van der Waals surface area contributed by atoms with Crippen LogP contribution in [0.25, 0.3) is 11.5 Å². The first-order valence-electron chi connectivity index (χ1n) is 3.79. The Bertz CT molecular complexity index is 422. The van der Waals surface area contributed by atoms with Gasteiger partial charge in [-0.3, -0.25) is 0 Å². The van der Waals surface area contributed by atoms with Crippen LogP contribution in [0.4, 0.5) is 4.39 Å². The van der Waals surface area contributed by atoms with Gasteiger partial charge in [-0.15, -0.1) is 0 Å². The molecule has 2 rings (SSSR count). The summed E-state index contributed by atoms with van der Waals surface area (Å²) in [5, 5.41) is 0. The van der Waals surface area contributed by atoms with Crippen LogP contribution in [0.15, 0.2) is 34.9 Å². The molecule has 0 bridgehead atoms. The van der Waals surface area contributed by atoms with Crippen LogP contribution in [0.3, 0.4) is 0 Å². The third kappa shape index (κ3) is 1.59. The molecule has 0 N–H and O–H groups in total. The summed E-state index contributed by atoms with van der Waals surface area (Å²) < 4.78 is 17.9. The fraction of sp³-hybridized carbons (Fsp3) is 0. The lowest BCUT2D eigenvalue weighted by Gasteiger charge is -1.94. The molecule has 0 atom stereocenters. The van der Waals surface area contributed by atoms with E-state index in [0.29, 0.717) is 17.2 Å². The van der Waals surface area contributed by atoms with Crippen molar-refractivity contribution in [3.8, 4) is 11.5 Å². The maximum absolute atomic E-state index is 12.8. The van der Waals surface area contributed by atoms with Crippen molar-refractivity contribution in [2.24, 2.45) is 0 Å². The summed E-state index contributed by atoms with van der Waals surface area (Å²) in [6.45, 7) is 3.57. The minimum absolute atomic E-state index is 0.304. The average molecular weight is 176 g/mol. The molecule has 1 aromatic carbocycles. The molecule has 65 valence electrons. The van der Waals surface area contributed by atoms with Gasteiger partial charge in [0.15, 0.2) is 0 Å². The maximum atomic E-state index is 12.8. The lowest BCUT2D eigenvalue weighted by Crippen LogP contribution is -1.78. The van der Waals surface area contributed by atoms with Gasteiger partial charge in [-0.2, -0.15) is 0 Å². The van der Waals surface area contributed by atoms with Gasteiger partial charge in [-0.05, 0) is 18.2 Å². The molecule has 0 saturated carbocycles. The summed E-state index contributed by atoms with van der Waals surface area (Å²) >= 11 is 0. The summed E-state index contributed by atoms with van der Waals surface area (Å²) in [5.41, 5.74) is 0.620. The van der Waals surface area contributed by atoms with E-state index in [1.54, 1.807) is 12.1 Å². The Morgan fingerprint density at radius 3 is 2.85 bits per heavy atom. The van der Waals surface area contributed by atoms with E-state index in [4.69, 9.17) is 4.42 Å². The molecule has 0 aliphatic heterocycles. The first kappa shape index (κ1) is 7.98. The van der Waals surface area contributed by atoms with E-state index in [-0.39, 0.29) is 5.82 Å². The Balaban J connectivity index is 2.46. The van der Waals surface area contributed by atoms with E-state index >= 15 is 0 Å². The van der Waals surface area contributed by atoms with Crippen molar-refractivity contribution >= 4 is 0 Å². The van der Waals surface area contributed by atoms with Crippen LogP contribution in [0.1, 0.15) is 5.76 Å². The Labute approximate surface area is 75.0 Å². The summed E-state index contributed by atoms with van der Waals surface area (Å²) in [5.74, 6) is 0.560. The number of rotatable bonds is 1. The predicted molar refractivity (Wildman–Crippen MR) is 46.4 cm³/mol. The topological polar surface area (TPSA) is 26.0 Å². The Morgan fingerprint density at radius 2 is 2.23 bits per heavy atom. The van der Waals surface area contributed by atoms with Crippen LogP contribution < -0.4 is 0 Å². The Kier molecular flexibility index (Phi) is 1.85. The number of hydrogen-bond donors (Lipinski definition) is 0. The van der Waals surface area contributed by atoms with Crippen LogP contribution >= 0.6 is 0 Å². The molecule has 1 aromatic heterocycles. The molecule has 13 heavy (non-hydrogen) atoms. The highest BCUT2D eigenvalue weighted by molar-refractivity contribution is 5.52. The normalized spacial score (nSPS) is 10.3. The maximum Gasteiger partial charge on any atom is 0.226 e. The van der Waals surface area contributed by atoms with Crippen molar-refractivity contribution in [1.82, 2.24) is 4.98 Å². The second-order valence-corrected chi connectivity index (χ2v) is 2.64. The lowest BCUT2D eigenvalue weighted by molar-refractivity contribution is 0.555. The van der Waals surface area contributed by atoms with Crippen LogP contribution in [0.5, 0.6) is 0 Å². The van der Waals surface area contributed by atoms with Crippen molar-refractivity contribution in [2.45, 2.75) is 0 Å². The van der Waals surface area contributed by atoms with E-state index in [9.17, 15) is 4.39 Å². The fourth-order valence-corrected chi connectivity index (χ4v) is 1.06. The third-order valence-electron chi connectivity index (χ3n) is 1.63. The zero-order valence-electron chi connectivity index (χ0n) is 6.83. The largest absolute Gasteiger partial charge is 0.441 e. The monoisotopic (exact) mass is 176 g/mol. The molecular weight excluding hydrogens is 169 g/mol. The zero-order valence-corrected chi connectivity index (χ0v) is 6.83. The zero-order chi connectivity index (χ0) is 9.26. The predicted octanol–water partition coefficient (Wildman–Crippen LogP) is 2.66. The Morgan fingerprint density at radius 1 is 1.38 bits per heavy atom. The molecule has 0 amide bonds. The smallest absolute Gasteiger partial charge is 0.226 e. The molecule has 1 heterocycles. The van der Waals surface area contributed by atoms with Gasteiger partial charge in [-0.25, -0.2) is 9.37 Å². The van der Waals surface area contributed by atoms with Crippen molar-refractivity contribution in [3.05, 3.63) is 49.0 Å². The molecule has 0 unspecified atom stereocenters. The van der Waals surface area contributed by atoms with Crippen LogP contribution in [0.2, 0.25) is 0 Å². The number of aromatic nitrogens is 1. The third-order valence-corrected chi connectivity index (χ3v) is 1.63. The first-order valence-corrected chi connectivity index (χ1v) is 3.79. The van der Waals surface area contributed by atoms with Crippen molar-refractivity contribution in [2.75, 3.05) is 0 Å². The number of halogens is 1. The van der Waals surface area contributed by atoms with Gasteiger partial charge in [-0.1, -0.05) is 6.07 Å². The Hall–Kier alpha value is -1.64. The van der Waals surface area contributed by atoms with Gasteiger partial charge in [0.05, 0.1) is 6.20 Å². The molecule has 0 spiro atoms. The van der Waals surface area contributed by atoms with E-state index in [1.807, 2.05) is 0 Å². The average Bonchev–Trinajstić information content (AvgIpc) is 2.52. The first-order chi connectivity index (χ1) is 6.25. The lowest BCUT2D eigenvalue weighted by atomic mass is 10.2. The van der Waals surface area contributed by atoms with Gasteiger partial charge in [0, 0.05) is 12.5 Å². The van der Waals surface area contributed by atoms with Gasteiger partial charge in [0.1, 0.15) is 11.6 Å². The van der Waals surface area contributed by atoms with Crippen LogP contribution in [-0.4, -0.2) is 4.98 Å².